The van der Waals surface area contributed by atoms with E-state index in [1.165, 1.54) is 19.3 Å². The third-order valence-electron chi connectivity index (χ3n) is 7.07. The van der Waals surface area contributed by atoms with Crippen molar-refractivity contribution in [2.45, 2.75) is 71.8 Å². The molecule has 0 unspecified atom stereocenters. The molecule has 31 heavy (non-hydrogen) atoms. The second-order valence-corrected chi connectivity index (χ2v) is 9.55. The molecule has 0 atom stereocenters. The number of carbonyl (C=O) groups is 1. The van der Waals surface area contributed by atoms with Crippen LogP contribution >= 0.6 is 0 Å². The molecule has 2 aromatic heterocycles. The Balaban J connectivity index is 1.87. The lowest BCUT2D eigenvalue weighted by Gasteiger charge is -2.35. The smallest absolute Gasteiger partial charge is 0.354 e. The molecular weight excluding hydrogens is 392 g/mol. The van der Waals surface area contributed by atoms with Crippen LogP contribution in [0.25, 0.3) is 11.0 Å². The Hall–Kier alpha value is -2.15. The highest BCUT2D eigenvalue weighted by molar-refractivity contribution is 6.00. The number of carboxylic acids is 1. The molecule has 0 spiro atoms. The fourth-order valence-electron chi connectivity index (χ4n) is 5.12. The molecule has 1 aliphatic heterocycles. The monoisotopic (exact) mass is 428 g/mol. The molecule has 7 nitrogen and oxygen atoms in total. The van der Waals surface area contributed by atoms with Gasteiger partial charge in [-0.25, -0.2) is 14.5 Å². The molecule has 7 heteroatoms. The second-order valence-electron chi connectivity index (χ2n) is 9.55. The number of ether oxygens (including phenoxy) is 1. The van der Waals surface area contributed by atoms with Gasteiger partial charge in [0.2, 0.25) is 0 Å². The zero-order valence-electron chi connectivity index (χ0n) is 19.4. The maximum atomic E-state index is 12.2. The van der Waals surface area contributed by atoms with Gasteiger partial charge >= 0.3 is 5.97 Å². The molecule has 2 aromatic rings. The van der Waals surface area contributed by atoms with Crippen molar-refractivity contribution in [3.05, 3.63) is 17.0 Å². The van der Waals surface area contributed by atoms with Gasteiger partial charge in [-0.3, -0.25) is 0 Å². The molecule has 0 amide bonds. The number of hydrogen-bond acceptors (Lipinski definition) is 5. The van der Waals surface area contributed by atoms with Gasteiger partial charge in [-0.1, -0.05) is 27.2 Å². The van der Waals surface area contributed by atoms with Crippen LogP contribution in [0.2, 0.25) is 0 Å². The normalized spacial score (nSPS) is 18.2. The first-order valence-corrected chi connectivity index (χ1v) is 11.8. The van der Waals surface area contributed by atoms with E-state index < -0.39 is 5.97 Å². The predicted octanol–water partition coefficient (Wildman–Crippen LogP) is 4.48. The third-order valence-corrected chi connectivity index (χ3v) is 7.07. The number of aromatic nitrogens is 3. The van der Waals surface area contributed by atoms with Crippen molar-refractivity contribution in [3.63, 3.8) is 0 Å². The summed E-state index contributed by atoms with van der Waals surface area (Å²) < 4.78 is 7.38. The lowest BCUT2D eigenvalue weighted by Crippen LogP contribution is -2.36. The third kappa shape index (κ3) is 4.16. The number of rotatable bonds is 8. The predicted molar refractivity (Wildman–Crippen MR) is 122 cm³/mol. The maximum absolute atomic E-state index is 12.2. The Kier molecular flexibility index (Phi) is 6.51. The number of pyridine rings is 1. The topological polar surface area (TPSA) is 80.5 Å². The Morgan fingerprint density at radius 1 is 1.19 bits per heavy atom. The summed E-state index contributed by atoms with van der Waals surface area (Å²) >= 11 is 0. The number of nitrogens with zero attached hydrogens (tertiary/aromatic N) is 4. The zero-order chi connectivity index (χ0) is 22.1. The molecule has 3 heterocycles. The number of piperidine rings is 1. The Morgan fingerprint density at radius 2 is 1.90 bits per heavy atom. The van der Waals surface area contributed by atoms with Crippen LogP contribution in [0.4, 0.5) is 5.69 Å². The summed E-state index contributed by atoms with van der Waals surface area (Å²) in [5, 5.41) is 16.1. The van der Waals surface area contributed by atoms with Gasteiger partial charge in [0.15, 0.2) is 11.3 Å². The summed E-state index contributed by atoms with van der Waals surface area (Å²) in [4.78, 5) is 19.3. The lowest BCUT2D eigenvalue weighted by molar-refractivity contribution is 0.0689. The van der Waals surface area contributed by atoms with E-state index in [0.717, 1.165) is 67.1 Å². The Bertz CT molecular complexity index is 940. The molecule has 0 aromatic carbocycles. The van der Waals surface area contributed by atoms with E-state index in [0.29, 0.717) is 18.3 Å². The minimum absolute atomic E-state index is 0.189. The number of methoxy groups -OCH3 is 1. The largest absolute Gasteiger partial charge is 0.476 e. The van der Waals surface area contributed by atoms with Crippen LogP contribution in [0, 0.1) is 11.8 Å². The zero-order valence-corrected chi connectivity index (χ0v) is 19.4. The molecular formula is C24H36N4O3. The first-order chi connectivity index (χ1) is 14.9. The van der Waals surface area contributed by atoms with Crippen LogP contribution in [-0.2, 0) is 17.7 Å². The van der Waals surface area contributed by atoms with Crippen molar-refractivity contribution in [2.75, 3.05) is 31.7 Å². The Labute approximate surface area is 184 Å². The van der Waals surface area contributed by atoms with E-state index >= 15 is 0 Å². The number of hydrogen-bond donors (Lipinski definition) is 1. The first-order valence-electron chi connectivity index (χ1n) is 11.8. The van der Waals surface area contributed by atoms with Crippen molar-refractivity contribution in [2.24, 2.45) is 11.8 Å². The number of aromatic carboxylic acids is 1. The maximum Gasteiger partial charge on any atom is 0.354 e. The van der Waals surface area contributed by atoms with E-state index in [2.05, 4.69) is 18.7 Å². The fraction of sp³-hybridized carbons (Fsp3) is 0.708. The highest BCUT2D eigenvalue weighted by Crippen LogP contribution is 2.40. The molecule has 170 valence electrons. The molecule has 1 saturated carbocycles. The number of anilines is 1. The van der Waals surface area contributed by atoms with Crippen LogP contribution < -0.4 is 4.90 Å². The van der Waals surface area contributed by atoms with Crippen molar-refractivity contribution in [3.8, 4) is 0 Å². The SMILES string of the molecule is CCc1c(C(=O)O)nc2c(c(C(C)C)nn2CC2CCC2)c1N1CCC(COC)CC1. The van der Waals surface area contributed by atoms with Crippen molar-refractivity contribution in [1.29, 1.82) is 0 Å². The van der Waals surface area contributed by atoms with Gasteiger partial charge in [-0.05, 0) is 49.9 Å². The van der Waals surface area contributed by atoms with Crippen LogP contribution in [0.1, 0.15) is 80.5 Å². The summed E-state index contributed by atoms with van der Waals surface area (Å²) in [5.41, 5.74) is 3.88. The van der Waals surface area contributed by atoms with Gasteiger partial charge in [0.25, 0.3) is 0 Å². The van der Waals surface area contributed by atoms with Crippen molar-refractivity contribution in [1.82, 2.24) is 14.8 Å². The number of carboxylic acid groups (broad SMARTS) is 1. The minimum Gasteiger partial charge on any atom is -0.476 e. The summed E-state index contributed by atoms with van der Waals surface area (Å²) in [6, 6.07) is 0. The van der Waals surface area contributed by atoms with Crippen LogP contribution in [0.15, 0.2) is 0 Å². The Morgan fingerprint density at radius 3 is 2.42 bits per heavy atom. The van der Waals surface area contributed by atoms with E-state index in [9.17, 15) is 9.90 Å². The van der Waals surface area contributed by atoms with Gasteiger partial charge in [-0.15, -0.1) is 0 Å². The highest BCUT2D eigenvalue weighted by atomic mass is 16.5. The molecule has 2 aliphatic rings. The standard InChI is InChI=1S/C24H36N4O3/c1-5-18-21(24(29)30)25-23-19(22(18)27-11-9-17(10-12-27)14-31-4)20(15(2)3)26-28(23)13-16-7-6-8-16/h15-17H,5-14H2,1-4H3,(H,29,30). The highest BCUT2D eigenvalue weighted by Gasteiger charge is 2.31. The van der Waals surface area contributed by atoms with Crippen LogP contribution in [0.3, 0.4) is 0 Å². The average Bonchev–Trinajstić information content (AvgIpc) is 3.08. The van der Waals surface area contributed by atoms with Crippen LogP contribution in [-0.4, -0.2) is 52.6 Å². The van der Waals surface area contributed by atoms with Gasteiger partial charge in [0, 0.05) is 38.9 Å². The van der Waals surface area contributed by atoms with E-state index in [1.54, 1.807) is 7.11 Å². The molecule has 1 aliphatic carbocycles. The van der Waals surface area contributed by atoms with Crippen LogP contribution in [0.5, 0.6) is 0 Å². The number of fused-ring (bicyclic) bond motifs is 1. The first kappa shape index (κ1) is 22.1. The molecule has 4 rings (SSSR count). The van der Waals surface area contributed by atoms with Gasteiger partial charge in [0.05, 0.1) is 16.8 Å². The van der Waals surface area contributed by atoms with Gasteiger partial charge < -0.3 is 14.7 Å². The summed E-state index contributed by atoms with van der Waals surface area (Å²) in [7, 11) is 1.76. The summed E-state index contributed by atoms with van der Waals surface area (Å²) in [6.45, 7) is 9.80. The molecule has 1 N–H and O–H groups in total. The molecule has 0 radical (unpaired) electrons. The van der Waals surface area contributed by atoms with Gasteiger partial charge in [-0.2, -0.15) is 5.10 Å². The van der Waals surface area contributed by atoms with E-state index in [1.807, 2.05) is 11.6 Å². The lowest BCUT2D eigenvalue weighted by atomic mass is 9.85. The molecule has 0 bridgehead atoms. The van der Waals surface area contributed by atoms with Crippen molar-refractivity contribution < 1.29 is 14.6 Å². The average molecular weight is 429 g/mol. The van der Waals surface area contributed by atoms with Crippen molar-refractivity contribution >= 4 is 22.7 Å². The molecule has 1 saturated heterocycles. The second kappa shape index (κ2) is 9.15. The molecule has 2 fully saturated rings. The van der Waals surface area contributed by atoms with E-state index in [4.69, 9.17) is 14.8 Å². The summed E-state index contributed by atoms with van der Waals surface area (Å²) in [6.07, 6.45) is 6.46. The quantitative estimate of drug-likeness (QED) is 0.668. The minimum atomic E-state index is -0.947. The summed E-state index contributed by atoms with van der Waals surface area (Å²) in [5.74, 6) is 0.486. The van der Waals surface area contributed by atoms with E-state index in [-0.39, 0.29) is 11.6 Å². The van der Waals surface area contributed by atoms with Gasteiger partial charge in [0.1, 0.15) is 0 Å². The fourth-order valence-corrected chi connectivity index (χ4v) is 5.12.